The molecule has 11 heteroatoms. The lowest BCUT2D eigenvalue weighted by atomic mass is 9.91. The van der Waals surface area contributed by atoms with E-state index in [9.17, 15) is 5.26 Å². The quantitative estimate of drug-likeness (QED) is 0.347. The third-order valence-electron chi connectivity index (χ3n) is 6.77. The number of rotatable bonds is 4. The fourth-order valence-electron chi connectivity index (χ4n) is 4.90. The highest BCUT2D eigenvalue weighted by atomic mass is 35.5. The van der Waals surface area contributed by atoms with Crippen LogP contribution in [0.1, 0.15) is 24.2 Å². The first-order valence-corrected chi connectivity index (χ1v) is 12.1. The van der Waals surface area contributed by atoms with Crippen LogP contribution < -0.4 is 4.90 Å². The first-order valence-electron chi connectivity index (χ1n) is 11.7. The monoisotopic (exact) mass is 513 g/mol. The molecule has 1 aliphatic rings. The third kappa shape index (κ3) is 3.97. The summed E-state index contributed by atoms with van der Waals surface area (Å²) < 4.78 is 19.3. The molecule has 1 saturated heterocycles. The Morgan fingerprint density at radius 1 is 1.14 bits per heavy atom. The number of alkyl halides is 1. The first kappa shape index (κ1) is 23.1. The topological polar surface area (TPSA) is 101 Å². The number of aromatic nitrogens is 7. The van der Waals surface area contributed by atoms with Crippen LogP contribution in [0.15, 0.2) is 61.3 Å². The molecule has 0 N–H and O–H groups in total. The summed E-state index contributed by atoms with van der Waals surface area (Å²) in [5.74, 6) is 0.814. The van der Waals surface area contributed by atoms with Gasteiger partial charge in [-0.1, -0.05) is 23.7 Å². The van der Waals surface area contributed by atoms with E-state index in [2.05, 4.69) is 26.2 Å². The molecular formula is C26H21ClFN9. The van der Waals surface area contributed by atoms with Gasteiger partial charge in [0.2, 0.25) is 5.78 Å². The lowest BCUT2D eigenvalue weighted by molar-refractivity contribution is 0.109. The van der Waals surface area contributed by atoms with Crippen molar-refractivity contribution in [3.8, 4) is 28.7 Å². The lowest BCUT2D eigenvalue weighted by Crippen LogP contribution is -2.42. The Morgan fingerprint density at radius 2 is 1.97 bits per heavy atom. The summed E-state index contributed by atoms with van der Waals surface area (Å²) in [5.41, 5.74) is 2.45. The van der Waals surface area contributed by atoms with Gasteiger partial charge in [-0.3, -0.25) is 9.38 Å². The van der Waals surface area contributed by atoms with Crippen molar-refractivity contribution in [2.24, 2.45) is 7.05 Å². The van der Waals surface area contributed by atoms with Gasteiger partial charge in [-0.25, -0.2) is 14.4 Å². The number of nitriles is 1. The van der Waals surface area contributed by atoms with Gasteiger partial charge >= 0.3 is 0 Å². The van der Waals surface area contributed by atoms with E-state index in [-0.39, 0.29) is 12.8 Å². The number of halogens is 2. The van der Waals surface area contributed by atoms with Crippen LogP contribution in [-0.4, -0.2) is 47.2 Å². The average molecular weight is 514 g/mol. The lowest BCUT2D eigenvalue weighted by Gasteiger charge is -2.37. The molecule has 0 spiro atoms. The highest BCUT2D eigenvalue weighted by molar-refractivity contribution is 6.30. The van der Waals surface area contributed by atoms with E-state index in [1.807, 2.05) is 45.8 Å². The summed E-state index contributed by atoms with van der Waals surface area (Å²) in [6.07, 6.45) is 7.12. The Bertz CT molecular complexity index is 1660. The predicted molar refractivity (Wildman–Crippen MR) is 137 cm³/mol. The summed E-state index contributed by atoms with van der Waals surface area (Å²) in [7, 11) is 1.74. The van der Waals surface area contributed by atoms with Crippen molar-refractivity contribution in [2.75, 3.05) is 18.0 Å². The maximum Gasteiger partial charge on any atom is 0.234 e. The molecule has 0 unspecified atom stereocenters. The molecular weight excluding hydrogens is 493 g/mol. The van der Waals surface area contributed by atoms with Crippen LogP contribution in [0, 0.1) is 11.3 Å². The van der Waals surface area contributed by atoms with E-state index in [1.165, 1.54) is 6.33 Å². The summed E-state index contributed by atoms with van der Waals surface area (Å²) in [5, 5.41) is 18.4. The molecule has 184 valence electrons. The number of aryl methyl sites for hydroxylation is 1. The van der Waals surface area contributed by atoms with Crippen LogP contribution in [0.25, 0.3) is 28.4 Å². The molecule has 6 rings (SSSR count). The van der Waals surface area contributed by atoms with Crippen molar-refractivity contribution in [2.45, 2.75) is 18.5 Å². The molecule has 0 amide bonds. The van der Waals surface area contributed by atoms with Crippen LogP contribution in [0.3, 0.4) is 0 Å². The molecule has 5 aromatic rings. The molecule has 0 radical (unpaired) electrons. The molecule has 0 saturated carbocycles. The van der Waals surface area contributed by atoms with Crippen molar-refractivity contribution in [3.05, 3.63) is 77.7 Å². The van der Waals surface area contributed by atoms with Crippen LogP contribution in [-0.2, 0) is 12.7 Å². The van der Waals surface area contributed by atoms with E-state index < -0.39 is 5.67 Å². The highest BCUT2D eigenvalue weighted by Crippen LogP contribution is 2.40. The first-order chi connectivity index (χ1) is 18.0. The van der Waals surface area contributed by atoms with Crippen molar-refractivity contribution >= 4 is 23.1 Å². The predicted octanol–water partition coefficient (Wildman–Crippen LogP) is 4.58. The van der Waals surface area contributed by atoms with Crippen LogP contribution in [0.5, 0.6) is 0 Å². The standard InChI is InChI=1S/C26H21ClFN9/c1-35-16-32-34-24(35)26(28)7-11-36(12-8-26)23-18(14-29)5-9-30-22(23)21-15-31-25-33-20(6-10-37(21)25)17-3-2-4-19(27)13-17/h2-6,9-10,13,15-16H,7-8,11-12H2,1H3. The van der Waals surface area contributed by atoms with Gasteiger partial charge < -0.3 is 9.47 Å². The Labute approximate surface area is 216 Å². The van der Waals surface area contributed by atoms with Crippen molar-refractivity contribution in [3.63, 3.8) is 0 Å². The zero-order valence-corrected chi connectivity index (χ0v) is 20.6. The van der Waals surface area contributed by atoms with Crippen molar-refractivity contribution < 1.29 is 4.39 Å². The maximum absolute atomic E-state index is 15.8. The summed E-state index contributed by atoms with van der Waals surface area (Å²) in [4.78, 5) is 15.9. The molecule has 0 aliphatic carbocycles. The fourth-order valence-corrected chi connectivity index (χ4v) is 5.09. The molecule has 9 nitrogen and oxygen atoms in total. The van der Waals surface area contributed by atoms with E-state index in [0.29, 0.717) is 52.4 Å². The number of anilines is 1. The van der Waals surface area contributed by atoms with Crippen molar-refractivity contribution in [1.82, 2.24) is 34.1 Å². The molecule has 1 aromatic carbocycles. The van der Waals surface area contributed by atoms with Gasteiger partial charge in [0.05, 0.1) is 28.8 Å². The van der Waals surface area contributed by atoms with E-state index >= 15 is 4.39 Å². The van der Waals surface area contributed by atoms with E-state index in [1.54, 1.807) is 30.1 Å². The minimum atomic E-state index is -1.58. The van der Waals surface area contributed by atoms with Gasteiger partial charge in [-0.15, -0.1) is 10.2 Å². The number of imidazole rings is 1. The van der Waals surface area contributed by atoms with Gasteiger partial charge in [-0.05, 0) is 24.3 Å². The molecule has 1 aliphatic heterocycles. The summed E-state index contributed by atoms with van der Waals surface area (Å²) in [6, 6.07) is 13.3. The largest absolute Gasteiger partial charge is 0.368 e. The van der Waals surface area contributed by atoms with E-state index in [4.69, 9.17) is 16.6 Å². The van der Waals surface area contributed by atoms with Crippen LogP contribution in [0.2, 0.25) is 5.02 Å². The average Bonchev–Trinajstić information content (AvgIpc) is 3.55. The number of piperidine rings is 1. The fraction of sp³-hybridized carbons (Fsp3) is 0.231. The third-order valence-corrected chi connectivity index (χ3v) is 7.01. The minimum absolute atomic E-state index is 0.219. The minimum Gasteiger partial charge on any atom is -0.368 e. The number of fused-ring (bicyclic) bond motifs is 1. The maximum atomic E-state index is 15.8. The number of hydrogen-bond acceptors (Lipinski definition) is 7. The van der Waals surface area contributed by atoms with Gasteiger partial charge in [0.1, 0.15) is 18.1 Å². The smallest absolute Gasteiger partial charge is 0.234 e. The summed E-state index contributed by atoms with van der Waals surface area (Å²) >= 11 is 6.15. The Morgan fingerprint density at radius 3 is 2.70 bits per heavy atom. The second-order valence-corrected chi connectivity index (χ2v) is 9.46. The number of pyridine rings is 1. The second-order valence-electron chi connectivity index (χ2n) is 9.02. The van der Waals surface area contributed by atoms with Gasteiger partial charge in [0.25, 0.3) is 0 Å². The van der Waals surface area contributed by atoms with Gasteiger partial charge in [-0.2, -0.15) is 5.26 Å². The second kappa shape index (κ2) is 8.94. The Balaban J connectivity index is 1.37. The number of benzene rings is 1. The highest BCUT2D eigenvalue weighted by Gasteiger charge is 2.41. The molecule has 37 heavy (non-hydrogen) atoms. The number of hydrogen-bond donors (Lipinski definition) is 0. The molecule has 0 bridgehead atoms. The van der Waals surface area contributed by atoms with Gasteiger partial charge in [0.15, 0.2) is 11.5 Å². The zero-order chi connectivity index (χ0) is 25.6. The Hall–Kier alpha value is -4.36. The van der Waals surface area contributed by atoms with Crippen molar-refractivity contribution in [1.29, 1.82) is 5.26 Å². The van der Waals surface area contributed by atoms with Crippen LogP contribution >= 0.6 is 11.6 Å². The SMILES string of the molecule is Cn1cnnc1C1(F)CCN(c2c(C#N)ccnc2-c2cnc3nc(-c4cccc(Cl)c4)ccn23)CC1. The summed E-state index contributed by atoms with van der Waals surface area (Å²) in [6.45, 7) is 0.787. The van der Waals surface area contributed by atoms with Crippen LogP contribution in [0.4, 0.5) is 10.1 Å². The van der Waals surface area contributed by atoms with E-state index in [0.717, 1.165) is 11.3 Å². The zero-order valence-electron chi connectivity index (χ0n) is 19.9. The molecule has 5 heterocycles. The molecule has 0 atom stereocenters. The number of nitrogens with zero attached hydrogens (tertiary/aromatic N) is 9. The molecule has 4 aromatic heterocycles. The normalized spacial score (nSPS) is 15.1. The van der Waals surface area contributed by atoms with Gasteiger partial charge in [0, 0.05) is 56.0 Å². The Kier molecular flexibility index (Phi) is 5.57. The molecule has 1 fully saturated rings.